The van der Waals surface area contributed by atoms with Crippen LogP contribution in [-0.2, 0) is 0 Å². The lowest BCUT2D eigenvalue weighted by Crippen LogP contribution is -1.89. The average molecular weight is 255 g/mol. The van der Waals surface area contributed by atoms with Crippen molar-refractivity contribution in [3.8, 4) is 28.1 Å². The van der Waals surface area contributed by atoms with Crippen molar-refractivity contribution >= 4 is 5.82 Å². The highest BCUT2D eigenvalue weighted by Crippen LogP contribution is 2.34. The Balaban J connectivity index is 2.11. The van der Waals surface area contributed by atoms with Gasteiger partial charge in [-0.25, -0.2) is 0 Å². The van der Waals surface area contributed by atoms with Crippen molar-refractivity contribution in [3.05, 3.63) is 36.7 Å². The summed E-state index contributed by atoms with van der Waals surface area (Å²) in [5.41, 5.74) is 9.54. The minimum absolute atomic E-state index is 0.460. The smallest absolute Gasteiger partial charge is 0.153 e. The monoisotopic (exact) mass is 255 g/mol. The van der Waals surface area contributed by atoms with E-state index in [1.807, 2.05) is 24.3 Å². The van der Waals surface area contributed by atoms with Gasteiger partial charge in [-0.05, 0) is 17.7 Å². The molecule has 0 saturated carbocycles. The summed E-state index contributed by atoms with van der Waals surface area (Å²) >= 11 is 0. The predicted molar refractivity (Wildman–Crippen MR) is 72.6 cm³/mol. The fourth-order valence-electron chi connectivity index (χ4n) is 2.00. The lowest BCUT2D eigenvalue weighted by Gasteiger charge is -2.04. The van der Waals surface area contributed by atoms with Crippen LogP contribution in [0.2, 0.25) is 0 Å². The number of ether oxygens (including phenoxy) is 1. The molecule has 0 radical (unpaired) electrons. The molecule has 3 aromatic rings. The molecule has 0 saturated heterocycles. The van der Waals surface area contributed by atoms with Gasteiger partial charge in [-0.15, -0.1) is 0 Å². The largest absolute Gasteiger partial charge is 0.497 e. The lowest BCUT2D eigenvalue weighted by molar-refractivity contribution is 0.415. The Hall–Kier alpha value is -2.76. The molecule has 0 atom stereocenters. The topological polar surface area (TPSA) is 92.6 Å². The summed E-state index contributed by atoms with van der Waals surface area (Å²) < 4.78 is 5.15. The van der Waals surface area contributed by atoms with Gasteiger partial charge in [0.15, 0.2) is 5.82 Å². The van der Waals surface area contributed by atoms with E-state index in [4.69, 9.17) is 10.5 Å². The molecule has 0 aliphatic rings. The van der Waals surface area contributed by atoms with Crippen molar-refractivity contribution in [2.24, 2.45) is 0 Å². The number of anilines is 1. The molecular formula is C13H13N5O. The van der Waals surface area contributed by atoms with Crippen molar-refractivity contribution < 1.29 is 4.74 Å². The number of methoxy groups -OCH3 is 1. The first-order valence-corrected chi connectivity index (χ1v) is 5.77. The molecule has 2 heterocycles. The second kappa shape index (κ2) is 4.49. The Morgan fingerprint density at radius 3 is 2.58 bits per heavy atom. The third-order valence-electron chi connectivity index (χ3n) is 2.96. The lowest BCUT2D eigenvalue weighted by atomic mass is 10.0. The van der Waals surface area contributed by atoms with Gasteiger partial charge in [0, 0.05) is 11.8 Å². The molecule has 0 aliphatic carbocycles. The van der Waals surface area contributed by atoms with E-state index in [1.165, 1.54) is 0 Å². The Kier molecular flexibility index (Phi) is 2.68. The summed E-state index contributed by atoms with van der Waals surface area (Å²) in [6.45, 7) is 0. The summed E-state index contributed by atoms with van der Waals surface area (Å²) in [5.74, 6) is 1.26. The van der Waals surface area contributed by atoms with Crippen LogP contribution < -0.4 is 10.5 Å². The number of benzene rings is 1. The van der Waals surface area contributed by atoms with Gasteiger partial charge in [-0.3, -0.25) is 10.2 Å². The van der Waals surface area contributed by atoms with E-state index in [9.17, 15) is 0 Å². The first-order valence-electron chi connectivity index (χ1n) is 5.77. The minimum atomic E-state index is 0.460. The number of nitrogens with one attached hydrogen (secondary N) is 2. The molecule has 19 heavy (non-hydrogen) atoms. The quantitative estimate of drug-likeness (QED) is 0.667. The number of hydrogen-bond donors (Lipinski definition) is 3. The molecule has 6 nitrogen and oxygen atoms in total. The Morgan fingerprint density at radius 2 is 1.95 bits per heavy atom. The van der Waals surface area contributed by atoms with Gasteiger partial charge in [0.1, 0.15) is 5.75 Å². The van der Waals surface area contributed by atoms with Crippen molar-refractivity contribution in [2.75, 3.05) is 12.8 Å². The molecular weight excluding hydrogens is 242 g/mol. The molecule has 0 spiro atoms. The van der Waals surface area contributed by atoms with E-state index in [-0.39, 0.29) is 0 Å². The standard InChI is InChI=1S/C13H13N5O/c1-19-10-4-2-8(3-5-10)11-12(17-18-13(11)14)9-6-15-16-7-9/h2-7H,1H3,(H,15,16)(H3,14,17,18). The van der Waals surface area contributed by atoms with Gasteiger partial charge in [-0.1, -0.05) is 12.1 Å². The molecule has 0 fully saturated rings. The zero-order chi connectivity index (χ0) is 13.2. The van der Waals surface area contributed by atoms with E-state index < -0.39 is 0 Å². The molecule has 0 bridgehead atoms. The number of aromatic nitrogens is 4. The highest BCUT2D eigenvalue weighted by atomic mass is 16.5. The second-order valence-corrected chi connectivity index (χ2v) is 4.07. The predicted octanol–water partition coefficient (Wildman–Crippen LogP) is 2.06. The maximum absolute atomic E-state index is 5.95. The number of nitrogens with two attached hydrogens (primary N) is 1. The number of rotatable bonds is 3. The van der Waals surface area contributed by atoms with E-state index in [1.54, 1.807) is 19.5 Å². The third-order valence-corrected chi connectivity index (χ3v) is 2.96. The maximum Gasteiger partial charge on any atom is 0.153 e. The summed E-state index contributed by atoms with van der Waals surface area (Å²) in [6, 6.07) is 7.68. The normalized spacial score (nSPS) is 10.6. The van der Waals surface area contributed by atoms with Crippen LogP contribution >= 0.6 is 0 Å². The van der Waals surface area contributed by atoms with E-state index in [2.05, 4.69) is 20.4 Å². The fourth-order valence-corrected chi connectivity index (χ4v) is 2.00. The van der Waals surface area contributed by atoms with Gasteiger partial charge in [0.25, 0.3) is 0 Å². The molecule has 0 amide bonds. The van der Waals surface area contributed by atoms with Crippen LogP contribution in [0, 0.1) is 0 Å². The molecule has 96 valence electrons. The van der Waals surface area contributed by atoms with Crippen molar-refractivity contribution in [1.82, 2.24) is 20.4 Å². The highest BCUT2D eigenvalue weighted by molar-refractivity contribution is 5.87. The van der Waals surface area contributed by atoms with Crippen LogP contribution in [0.4, 0.5) is 5.82 Å². The molecule has 2 aromatic heterocycles. The molecule has 6 heteroatoms. The van der Waals surface area contributed by atoms with Gasteiger partial charge < -0.3 is 10.5 Å². The number of H-pyrrole nitrogens is 2. The van der Waals surface area contributed by atoms with Gasteiger partial charge >= 0.3 is 0 Å². The first kappa shape index (κ1) is 11.3. The molecule has 4 N–H and O–H groups in total. The Labute approximate surface area is 109 Å². The maximum atomic E-state index is 5.95. The van der Waals surface area contributed by atoms with Crippen LogP contribution in [0.1, 0.15) is 0 Å². The van der Waals surface area contributed by atoms with Crippen molar-refractivity contribution in [2.45, 2.75) is 0 Å². The van der Waals surface area contributed by atoms with Crippen LogP contribution in [0.25, 0.3) is 22.4 Å². The van der Waals surface area contributed by atoms with Crippen LogP contribution in [-0.4, -0.2) is 27.5 Å². The van der Waals surface area contributed by atoms with Crippen LogP contribution in [0.15, 0.2) is 36.7 Å². The van der Waals surface area contributed by atoms with Crippen molar-refractivity contribution in [1.29, 1.82) is 0 Å². The summed E-state index contributed by atoms with van der Waals surface area (Å²) in [4.78, 5) is 0. The summed E-state index contributed by atoms with van der Waals surface area (Å²) in [5, 5.41) is 13.7. The Morgan fingerprint density at radius 1 is 1.16 bits per heavy atom. The molecule has 0 aliphatic heterocycles. The van der Waals surface area contributed by atoms with E-state index in [0.29, 0.717) is 5.82 Å². The zero-order valence-corrected chi connectivity index (χ0v) is 10.3. The molecule has 0 unspecified atom stereocenters. The average Bonchev–Trinajstić information content (AvgIpc) is 3.08. The summed E-state index contributed by atoms with van der Waals surface area (Å²) in [6.07, 6.45) is 3.51. The number of aromatic amines is 2. The minimum Gasteiger partial charge on any atom is -0.497 e. The van der Waals surface area contributed by atoms with Gasteiger partial charge in [0.05, 0.1) is 24.6 Å². The number of hydrogen-bond acceptors (Lipinski definition) is 4. The fraction of sp³-hybridized carbons (Fsp3) is 0.0769. The number of nitrogen functional groups attached to an aromatic ring is 1. The summed E-state index contributed by atoms with van der Waals surface area (Å²) in [7, 11) is 1.64. The molecule has 3 rings (SSSR count). The van der Waals surface area contributed by atoms with Crippen LogP contribution in [0.5, 0.6) is 5.75 Å². The van der Waals surface area contributed by atoms with E-state index in [0.717, 1.165) is 28.1 Å². The molecule has 1 aromatic carbocycles. The Bertz CT molecular complexity index is 670. The number of nitrogens with zero attached hydrogens (tertiary/aromatic N) is 2. The highest BCUT2D eigenvalue weighted by Gasteiger charge is 2.15. The zero-order valence-electron chi connectivity index (χ0n) is 10.3. The third kappa shape index (κ3) is 1.93. The SMILES string of the molecule is COc1ccc(-c2c(N)n[nH]c2-c2cn[nH]c2)cc1. The van der Waals surface area contributed by atoms with Gasteiger partial charge in [0.2, 0.25) is 0 Å². The van der Waals surface area contributed by atoms with Crippen molar-refractivity contribution in [3.63, 3.8) is 0 Å². The second-order valence-electron chi connectivity index (χ2n) is 4.07. The van der Waals surface area contributed by atoms with E-state index >= 15 is 0 Å². The van der Waals surface area contributed by atoms with Crippen LogP contribution in [0.3, 0.4) is 0 Å². The van der Waals surface area contributed by atoms with Gasteiger partial charge in [-0.2, -0.15) is 10.2 Å². The first-order chi connectivity index (χ1) is 9.29.